The van der Waals surface area contributed by atoms with E-state index in [1.165, 1.54) is 0 Å². The van der Waals surface area contributed by atoms with Crippen LogP contribution in [0.2, 0.25) is 0 Å². The summed E-state index contributed by atoms with van der Waals surface area (Å²) >= 11 is 0. The fourth-order valence-corrected chi connectivity index (χ4v) is 2.10. The molecule has 0 spiro atoms. The molecule has 130 valence electrons. The number of hydrogen-bond donors (Lipinski definition) is 2. The summed E-state index contributed by atoms with van der Waals surface area (Å²) in [5.74, 6) is 1.89. The Hall–Kier alpha value is -2.24. The minimum atomic E-state index is -0.0930. The number of carbonyl (C=O) groups excluding carboxylic acids is 1. The van der Waals surface area contributed by atoms with Crippen LogP contribution in [0.15, 0.2) is 48.5 Å². The van der Waals surface area contributed by atoms with Crippen LogP contribution in [0.5, 0.6) is 17.2 Å². The minimum absolute atomic E-state index is 0. The van der Waals surface area contributed by atoms with E-state index in [1.54, 1.807) is 7.11 Å². The molecule has 2 rings (SSSR count). The van der Waals surface area contributed by atoms with Crippen LogP contribution in [-0.2, 0) is 4.79 Å². The van der Waals surface area contributed by atoms with Crippen molar-refractivity contribution in [1.29, 1.82) is 0 Å². The second kappa shape index (κ2) is 9.80. The maximum atomic E-state index is 12.0. The van der Waals surface area contributed by atoms with E-state index >= 15 is 0 Å². The Balaban J connectivity index is 0.00000288. The first-order valence-electron chi connectivity index (χ1n) is 7.50. The van der Waals surface area contributed by atoms with Crippen LogP contribution < -0.4 is 20.1 Å². The summed E-state index contributed by atoms with van der Waals surface area (Å²) < 4.78 is 11.1. The molecule has 1 amide bonds. The van der Waals surface area contributed by atoms with Crippen molar-refractivity contribution < 1.29 is 14.3 Å². The number of ether oxygens (including phenoxy) is 2. The third-order valence-electron chi connectivity index (χ3n) is 3.38. The van der Waals surface area contributed by atoms with Gasteiger partial charge < -0.3 is 20.1 Å². The number of halogens is 1. The van der Waals surface area contributed by atoms with E-state index < -0.39 is 0 Å². The lowest BCUT2D eigenvalue weighted by molar-refractivity contribution is -0.119. The number of nitrogens with one attached hydrogen (secondary N) is 2. The van der Waals surface area contributed by atoms with Crippen molar-refractivity contribution >= 4 is 24.0 Å². The number of amides is 1. The largest absolute Gasteiger partial charge is 0.493 e. The Morgan fingerprint density at radius 2 is 1.71 bits per heavy atom. The Labute approximate surface area is 148 Å². The van der Waals surface area contributed by atoms with Gasteiger partial charge in [-0.2, -0.15) is 0 Å². The zero-order valence-corrected chi connectivity index (χ0v) is 14.9. The monoisotopic (exact) mass is 350 g/mol. The maximum absolute atomic E-state index is 12.0. The topological polar surface area (TPSA) is 59.6 Å². The summed E-state index contributed by atoms with van der Waals surface area (Å²) in [6, 6.07) is 14.7. The summed E-state index contributed by atoms with van der Waals surface area (Å²) in [4.78, 5) is 12.0. The molecule has 0 saturated heterocycles. The molecule has 0 bridgehead atoms. The van der Waals surface area contributed by atoms with Crippen LogP contribution in [0.3, 0.4) is 0 Å². The predicted molar refractivity (Wildman–Crippen MR) is 98.5 cm³/mol. The zero-order chi connectivity index (χ0) is 16.7. The standard InChI is InChI=1S/C18H22N2O3.ClH/c1-13(12-19-2)18(21)20-14-8-10-15(11-9-14)23-17-7-5-4-6-16(17)22-3;/h4-11,13,19H,12H2,1-3H3,(H,20,21);1H. The summed E-state index contributed by atoms with van der Waals surface area (Å²) in [7, 11) is 3.43. The molecule has 6 heteroatoms. The molecule has 2 aromatic rings. The van der Waals surface area contributed by atoms with E-state index in [-0.39, 0.29) is 24.2 Å². The smallest absolute Gasteiger partial charge is 0.228 e. The maximum Gasteiger partial charge on any atom is 0.228 e. The van der Waals surface area contributed by atoms with Crippen LogP contribution in [-0.4, -0.2) is 26.6 Å². The number of rotatable bonds is 7. The van der Waals surface area contributed by atoms with Crippen LogP contribution >= 0.6 is 12.4 Å². The molecule has 1 unspecified atom stereocenters. The van der Waals surface area contributed by atoms with E-state index in [2.05, 4.69) is 10.6 Å². The normalized spacial score (nSPS) is 11.1. The molecule has 5 nitrogen and oxygen atoms in total. The lowest BCUT2D eigenvalue weighted by Crippen LogP contribution is -2.28. The van der Waals surface area contributed by atoms with Crippen LogP contribution in [0, 0.1) is 5.92 Å². The molecule has 0 fully saturated rings. The minimum Gasteiger partial charge on any atom is -0.493 e. The van der Waals surface area contributed by atoms with Gasteiger partial charge in [0.05, 0.1) is 7.11 Å². The Morgan fingerprint density at radius 1 is 1.08 bits per heavy atom. The second-order valence-electron chi connectivity index (χ2n) is 5.23. The molecule has 2 N–H and O–H groups in total. The molecule has 1 atom stereocenters. The number of benzene rings is 2. The first kappa shape index (κ1) is 19.8. The summed E-state index contributed by atoms with van der Waals surface area (Å²) in [5, 5.41) is 5.87. The molecular formula is C18H23ClN2O3. The fourth-order valence-electron chi connectivity index (χ4n) is 2.10. The highest BCUT2D eigenvalue weighted by atomic mass is 35.5. The van der Waals surface area contributed by atoms with Crippen LogP contribution in [0.1, 0.15) is 6.92 Å². The lowest BCUT2D eigenvalue weighted by atomic mass is 10.1. The van der Waals surface area contributed by atoms with Gasteiger partial charge in [-0.05, 0) is 43.4 Å². The first-order chi connectivity index (χ1) is 11.1. The number of para-hydroxylation sites is 2. The van der Waals surface area contributed by atoms with E-state index in [4.69, 9.17) is 9.47 Å². The van der Waals surface area contributed by atoms with Gasteiger partial charge in [-0.15, -0.1) is 12.4 Å². The van der Waals surface area contributed by atoms with Crippen molar-refractivity contribution in [2.75, 3.05) is 26.0 Å². The van der Waals surface area contributed by atoms with Gasteiger partial charge in [-0.1, -0.05) is 19.1 Å². The van der Waals surface area contributed by atoms with E-state index in [0.717, 1.165) is 5.69 Å². The third-order valence-corrected chi connectivity index (χ3v) is 3.38. The zero-order valence-electron chi connectivity index (χ0n) is 14.0. The van der Waals surface area contributed by atoms with Crippen molar-refractivity contribution in [1.82, 2.24) is 5.32 Å². The van der Waals surface area contributed by atoms with Crippen LogP contribution in [0.4, 0.5) is 5.69 Å². The van der Waals surface area contributed by atoms with Gasteiger partial charge >= 0.3 is 0 Å². The highest BCUT2D eigenvalue weighted by Crippen LogP contribution is 2.31. The lowest BCUT2D eigenvalue weighted by Gasteiger charge is -2.13. The SMILES string of the molecule is CNCC(C)C(=O)Nc1ccc(Oc2ccccc2OC)cc1.Cl. The molecule has 2 aromatic carbocycles. The molecule has 0 heterocycles. The molecule has 0 aromatic heterocycles. The third kappa shape index (κ3) is 5.44. The Morgan fingerprint density at radius 3 is 2.29 bits per heavy atom. The molecule has 0 aliphatic carbocycles. The van der Waals surface area contributed by atoms with E-state index in [9.17, 15) is 4.79 Å². The predicted octanol–water partition coefficient (Wildman–Crippen LogP) is 3.70. The van der Waals surface area contributed by atoms with Crippen molar-refractivity contribution in [3.63, 3.8) is 0 Å². The second-order valence-corrected chi connectivity index (χ2v) is 5.23. The van der Waals surface area contributed by atoms with Crippen molar-refractivity contribution in [2.24, 2.45) is 5.92 Å². The highest BCUT2D eigenvalue weighted by Gasteiger charge is 2.12. The number of carbonyl (C=O) groups is 1. The average Bonchev–Trinajstić information content (AvgIpc) is 2.57. The number of methoxy groups -OCH3 is 1. The first-order valence-corrected chi connectivity index (χ1v) is 7.50. The van der Waals surface area contributed by atoms with Gasteiger partial charge in [-0.3, -0.25) is 4.79 Å². The molecule has 24 heavy (non-hydrogen) atoms. The molecule has 0 aliphatic rings. The molecular weight excluding hydrogens is 328 g/mol. The molecule has 0 radical (unpaired) electrons. The molecule has 0 saturated carbocycles. The van der Waals surface area contributed by atoms with Crippen molar-refractivity contribution in [3.05, 3.63) is 48.5 Å². The number of anilines is 1. The fraction of sp³-hybridized carbons (Fsp3) is 0.278. The van der Waals surface area contributed by atoms with E-state index in [0.29, 0.717) is 23.8 Å². The van der Waals surface area contributed by atoms with Crippen molar-refractivity contribution in [3.8, 4) is 17.2 Å². The summed E-state index contributed by atoms with van der Waals surface area (Å²) in [6.07, 6.45) is 0. The van der Waals surface area contributed by atoms with Gasteiger partial charge in [0.15, 0.2) is 11.5 Å². The van der Waals surface area contributed by atoms with Crippen LogP contribution in [0.25, 0.3) is 0 Å². The van der Waals surface area contributed by atoms with Gasteiger partial charge in [0.1, 0.15) is 5.75 Å². The van der Waals surface area contributed by atoms with Gasteiger partial charge in [0, 0.05) is 18.2 Å². The Bertz CT molecular complexity index is 647. The number of hydrogen-bond acceptors (Lipinski definition) is 4. The summed E-state index contributed by atoms with van der Waals surface area (Å²) in [5.41, 5.74) is 0.741. The van der Waals surface area contributed by atoms with Gasteiger partial charge in [0.25, 0.3) is 0 Å². The quantitative estimate of drug-likeness (QED) is 0.799. The van der Waals surface area contributed by atoms with Crippen molar-refractivity contribution in [2.45, 2.75) is 6.92 Å². The van der Waals surface area contributed by atoms with Gasteiger partial charge in [-0.25, -0.2) is 0 Å². The van der Waals surface area contributed by atoms with E-state index in [1.807, 2.05) is 62.5 Å². The average molecular weight is 351 g/mol. The molecule has 0 aliphatic heterocycles. The Kier molecular flexibility index (Phi) is 8.09. The van der Waals surface area contributed by atoms with Gasteiger partial charge in [0.2, 0.25) is 5.91 Å². The summed E-state index contributed by atoms with van der Waals surface area (Å²) in [6.45, 7) is 2.52. The highest BCUT2D eigenvalue weighted by molar-refractivity contribution is 5.92.